The van der Waals surface area contributed by atoms with Crippen molar-refractivity contribution in [3.8, 4) is 0 Å². The highest BCUT2D eigenvalue weighted by atomic mass is 32.1. The highest BCUT2D eigenvalue weighted by molar-refractivity contribution is 7.71. The molecule has 0 atom stereocenters. The molecule has 1 heterocycles. The standard InChI is InChI=1S/C9H19N4O3PS/c1-3-15-17(14,16-4-2)8-6-5-7-13-9(18)10-11-12-13/h3-8H2,1-2H3,(H,10,12,18). The molecule has 0 bridgehead atoms. The fourth-order valence-electron chi connectivity index (χ4n) is 1.50. The molecule has 0 aromatic carbocycles. The molecular weight excluding hydrogens is 275 g/mol. The minimum Gasteiger partial charge on any atom is -0.309 e. The molecule has 7 nitrogen and oxygen atoms in total. The number of aryl methyl sites for hydroxylation is 1. The van der Waals surface area contributed by atoms with E-state index in [0.29, 0.717) is 30.7 Å². The Bertz CT molecular complexity index is 437. The van der Waals surface area contributed by atoms with E-state index >= 15 is 0 Å². The Morgan fingerprint density at radius 1 is 1.33 bits per heavy atom. The van der Waals surface area contributed by atoms with E-state index in [1.807, 2.05) is 0 Å². The maximum absolute atomic E-state index is 12.1. The summed E-state index contributed by atoms with van der Waals surface area (Å²) in [6, 6.07) is 0. The first-order valence-electron chi connectivity index (χ1n) is 5.97. The number of aromatic amines is 1. The Morgan fingerprint density at radius 3 is 2.50 bits per heavy atom. The van der Waals surface area contributed by atoms with Crippen molar-refractivity contribution in [3.05, 3.63) is 4.77 Å². The average Bonchev–Trinajstić information content (AvgIpc) is 2.71. The highest BCUT2D eigenvalue weighted by Gasteiger charge is 2.22. The zero-order valence-corrected chi connectivity index (χ0v) is 12.4. The zero-order chi connectivity index (χ0) is 13.4. The first-order valence-corrected chi connectivity index (χ1v) is 8.11. The van der Waals surface area contributed by atoms with Crippen LogP contribution in [0.5, 0.6) is 0 Å². The molecule has 1 rings (SSSR count). The van der Waals surface area contributed by atoms with Gasteiger partial charge < -0.3 is 9.05 Å². The van der Waals surface area contributed by atoms with Crippen LogP contribution in [0.3, 0.4) is 0 Å². The van der Waals surface area contributed by atoms with Crippen LogP contribution in [0.25, 0.3) is 0 Å². The molecule has 0 aliphatic heterocycles. The van der Waals surface area contributed by atoms with Gasteiger partial charge in [0.1, 0.15) is 0 Å². The Balaban J connectivity index is 2.33. The van der Waals surface area contributed by atoms with Gasteiger partial charge in [0.25, 0.3) is 0 Å². The van der Waals surface area contributed by atoms with E-state index in [2.05, 4.69) is 15.5 Å². The molecule has 1 N–H and O–H groups in total. The lowest BCUT2D eigenvalue weighted by Crippen LogP contribution is -2.04. The predicted molar refractivity (Wildman–Crippen MR) is 70.2 cm³/mol. The van der Waals surface area contributed by atoms with Gasteiger partial charge in [-0.15, -0.1) is 0 Å². The maximum Gasteiger partial charge on any atom is 0.330 e. The van der Waals surface area contributed by atoms with E-state index in [4.69, 9.17) is 21.3 Å². The van der Waals surface area contributed by atoms with Gasteiger partial charge in [-0.3, -0.25) is 4.57 Å². The number of nitrogens with one attached hydrogen (secondary N) is 1. The van der Waals surface area contributed by atoms with Gasteiger partial charge in [0, 0.05) is 6.54 Å². The van der Waals surface area contributed by atoms with Crippen LogP contribution in [0.4, 0.5) is 0 Å². The van der Waals surface area contributed by atoms with Gasteiger partial charge in [-0.05, 0) is 38.9 Å². The van der Waals surface area contributed by atoms with Crippen molar-refractivity contribution in [1.82, 2.24) is 20.2 Å². The summed E-state index contributed by atoms with van der Waals surface area (Å²) in [5.41, 5.74) is 0. The van der Waals surface area contributed by atoms with E-state index in [-0.39, 0.29) is 0 Å². The lowest BCUT2D eigenvalue weighted by atomic mass is 10.3. The SMILES string of the molecule is CCOP(=O)(CCCCn1[nH]nnc1=S)OCC. The molecule has 1 aromatic rings. The van der Waals surface area contributed by atoms with Gasteiger partial charge in [-0.25, -0.2) is 4.68 Å². The molecule has 1 aromatic heterocycles. The number of nitrogens with zero attached hydrogens (tertiary/aromatic N) is 3. The van der Waals surface area contributed by atoms with E-state index in [9.17, 15) is 4.57 Å². The molecule has 9 heteroatoms. The quantitative estimate of drug-likeness (QED) is 0.428. The minimum atomic E-state index is -2.91. The van der Waals surface area contributed by atoms with E-state index < -0.39 is 7.60 Å². The van der Waals surface area contributed by atoms with Gasteiger partial charge >= 0.3 is 7.60 Å². The molecule has 0 amide bonds. The number of H-pyrrole nitrogens is 1. The summed E-state index contributed by atoms with van der Waals surface area (Å²) in [4.78, 5) is 0. The first kappa shape index (κ1) is 15.5. The fraction of sp³-hybridized carbons (Fsp3) is 0.889. The number of hydrogen-bond acceptors (Lipinski definition) is 6. The summed E-state index contributed by atoms with van der Waals surface area (Å²) in [6.07, 6.45) is 1.96. The molecule has 0 fully saturated rings. The lowest BCUT2D eigenvalue weighted by Gasteiger charge is -2.16. The third-order valence-corrected chi connectivity index (χ3v) is 4.72. The van der Waals surface area contributed by atoms with Crippen molar-refractivity contribution in [2.45, 2.75) is 33.2 Å². The Labute approximate surface area is 111 Å². The molecule has 104 valence electrons. The van der Waals surface area contributed by atoms with Crippen LogP contribution >= 0.6 is 19.8 Å². The Morgan fingerprint density at radius 2 is 2.00 bits per heavy atom. The van der Waals surface area contributed by atoms with Crippen molar-refractivity contribution >= 4 is 19.8 Å². The van der Waals surface area contributed by atoms with Crippen LogP contribution in [0.2, 0.25) is 0 Å². The second kappa shape index (κ2) is 7.78. The van der Waals surface area contributed by atoms with Crippen LogP contribution in [0, 0.1) is 4.77 Å². The monoisotopic (exact) mass is 294 g/mol. The van der Waals surface area contributed by atoms with Crippen molar-refractivity contribution in [2.75, 3.05) is 19.4 Å². The smallest absolute Gasteiger partial charge is 0.309 e. The van der Waals surface area contributed by atoms with Gasteiger partial charge in [-0.2, -0.15) is 5.21 Å². The topological polar surface area (TPSA) is 82.0 Å². The van der Waals surface area contributed by atoms with Crippen molar-refractivity contribution < 1.29 is 13.6 Å². The summed E-state index contributed by atoms with van der Waals surface area (Å²) < 4.78 is 24.6. The van der Waals surface area contributed by atoms with Gasteiger partial charge in [0.05, 0.1) is 19.4 Å². The van der Waals surface area contributed by atoms with Crippen molar-refractivity contribution in [2.24, 2.45) is 0 Å². The minimum absolute atomic E-state index is 0.396. The normalized spacial score (nSPS) is 11.9. The average molecular weight is 294 g/mol. The molecule has 0 radical (unpaired) electrons. The number of tetrazole rings is 1. The molecule has 0 saturated heterocycles. The number of rotatable bonds is 9. The number of hydrogen-bond donors (Lipinski definition) is 1. The third-order valence-electron chi connectivity index (χ3n) is 2.25. The Hall–Kier alpha value is -0.560. The van der Waals surface area contributed by atoms with E-state index in [0.717, 1.165) is 12.8 Å². The second-order valence-electron chi connectivity index (χ2n) is 3.61. The lowest BCUT2D eigenvalue weighted by molar-refractivity contribution is 0.219. The summed E-state index contributed by atoms with van der Waals surface area (Å²) >= 11 is 4.95. The molecule has 0 saturated carbocycles. The summed E-state index contributed by atoms with van der Waals surface area (Å²) in [5, 5.41) is 9.93. The Kier molecular flexibility index (Phi) is 6.70. The summed E-state index contributed by atoms with van der Waals surface area (Å²) in [5.74, 6) is 0. The largest absolute Gasteiger partial charge is 0.330 e. The predicted octanol–water partition coefficient (Wildman–Crippen LogP) is 2.38. The second-order valence-corrected chi connectivity index (χ2v) is 6.16. The molecule has 0 spiro atoms. The molecule has 0 unspecified atom stereocenters. The van der Waals surface area contributed by atoms with Crippen LogP contribution in [-0.4, -0.2) is 39.6 Å². The van der Waals surface area contributed by atoms with Gasteiger partial charge in [0.2, 0.25) is 4.77 Å². The molecule has 18 heavy (non-hydrogen) atoms. The molecular formula is C9H19N4O3PS. The van der Waals surface area contributed by atoms with Crippen LogP contribution in [0.15, 0.2) is 0 Å². The fourth-order valence-corrected chi connectivity index (χ4v) is 3.40. The molecule has 0 aliphatic rings. The number of unbranched alkanes of at least 4 members (excludes halogenated alkanes) is 1. The van der Waals surface area contributed by atoms with Crippen LogP contribution in [-0.2, 0) is 20.2 Å². The first-order chi connectivity index (χ1) is 8.61. The number of aromatic nitrogens is 4. The summed E-state index contributed by atoms with van der Waals surface area (Å²) in [6.45, 7) is 5.08. The molecule has 0 aliphatic carbocycles. The van der Waals surface area contributed by atoms with Gasteiger partial charge in [0.15, 0.2) is 0 Å². The van der Waals surface area contributed by atoms with Crippen LogP contribution in [0.1, 0.15) is 26.7 Å². The van der Waals surface area contributed by atoms with E-state index in [1.165, 1.54) is 0 Å². The van der Waals surface area contributed by atoms with Crippen molar-refractivity contribution in [3.63, 3.8) is 0 Å². The van der Waals surface area contributed by atoms with Crippen molar-refractivity contribution in [1.29, 1.82) is 0 Å². The maximum atomic E-state index is 12.1. The third kappa shape index (κ3) is 4.97. The highest BCUT2D eigenvalue weighted by Crippen LogP contribution is 2.48. The van der Waals surface area contributed by atoms with Gasteiger partial charge in [-0.1, -0.05) is 10.3 Å². The summed E-state index contributed by atoms with van der Waals surface area (Å²) in [7, 11) is -2.91. The van der Waals surface area contributed by atoms with Crippen LogP contribution < -0.4 is 0 Å². The van der Waals surface area contributed by atoms with E-state index in [1.54, 1.807) is 18.5 Å². The zero-order valence-electron chi connectivity index (χ0n) is 10.7.